The molecule has 1 fully saturated rings. The molecular formula is C15H19FN2O3. The highest BCUT2D eigenvalue weighted by molar-refractivity contribution is 5.94. The van der Waals surface area contributed by atoms with Crippen LogP contribution in [0.25, 0.3) is 0 Å². The van der Waals surface area contributed by atoms with Crippen LogP contribution in [-0.2, 0) is 9.53 Å². The average Bonchev–Trinajstić information content (AvgIpc) is 2.72. The zero-order valence-corrected chi connectivity index (χ0v) is 12.0. The van der Waals surface area contributed by atoms with Crippen LogP contribution < -0.4 is 5.32 Å². The Morgan fingerprint density at radius 3 is 2.81 bits per heavy atom. The number of nitrogens with zero attached hydrogens (tertiary/aromatic N) is 1. The quantitative estimate of drug-likeness (QED) is 0.684. The molecule has 0 unspecified atom stereocenters. The van der Waals surface area contributed by atoms with Crippen molar-refractivity contribution in [2.75, 3.05) is 7.11 Å². The van der Waals surface area contributed by atoms with Crippen LogP contribution in [0.1, 0.15) is 42.5 Å². The maximum absolute atomic E-state index is 13.6. The van der Waals surface area contributed by atoms with Gasteiger partial charge in [-0.05, 0) is 18.9 Å². The third kappa shape index (κ3) is 3.77. The van der Waals surface area contributed by atoms with Crippen LogP contribution in [0, 0.1) is 11.7 Å². The number of pyridine rings is 1. The van der Waals surface area contributed by atoms with Gasteiger partial charge in [0.1, 0.15) is 0 Å². The summed E-state index contributed by atoms with van der Waals surface area (Å²) >= 11 is 0. The van der Waals surface area contributed by atoms with Crippen LogP contribution in [0.3, 0.4) is 0 Å². The van der Waals surface area contributed by atoms with Gasteiger partial charge in [-0.2, -0.15) is 0 Å². The summed E-state index contributed by atoms with van der Waals surface area (Å²) in [4.78, 5) is 27.6. The van der Waals surface area contributed by atoms with E-state index in [0.29, 0.717) is 12.8 Å². The van der Waals surface area contributed by atoms with Crippen molar-refractivity contribution in [3.63, 3.8) is 0 Å². The van der Waals surface area contributed by atoms with E-state index in [1.54, 1.807) is 0 Å². The van der Waals surface area contributed by atoms with Crippen LogP contribution in [0.4, 0.5) is 4.39 Å². The Morgan fingerprint density at radius 2 is 2.10 bits per heavy atom. The van der Waals surface area contributed by atoms with Gasteiger partial charge in [-0.25, -0.2) is 4.39 Å². The van der Waals surface area contributed by atoms with E-state index in [1.165, 1.54) is 19.4 Å². The molecule has 1 saturated carbocycles. The lowest BCUT2D eigenvalue weighted by Crippen LogP contribution is -2.43. The maximum Gasteiger partial charge on any atom is 0.310 e. The summed E-state index contributed by atoms with van der Waals surface area (Å²) in [5.74, 6) is -1.88. The van der Waals surface area contributed by atoms with Crippen molar-refractivity contribution in [1.29, 1.82) is 0 Å². The number of ether oxygens (including phenoxy) is 1. The van der Waals surface area contributed by atoms with Gasteiger partial charge in [-0.3, -0.25) is 14.6 Å². The molecule has 1 heterocycles. The summed E-state index contributed by atoms with van der Waals surface area (Å²) in [6.07, 6.45) is 6.60. The number of carbonyl (C=O) groups excluding carboxylic acids is 2. The first-order valence-electron chi connectivity index (χ1n) is 7.11. The molecule has 0 aromatic carbocycles. The number of methoxy groups -OCH3 is 1. The second-order valence-electron chi connectivity index (χ2n) is 5.20. The van der Waals surface area contributed by atoms with Crippen molar-refractivity contribution in [2.45, 2.75) is 38.1 Å². The minimum Gasteiger partial charge on any atom is -0.469 e. The fourth-order valence-corrected chi connectivity index (χ4v) is 2.72. The van der Waals surface area contributed by atoms with E-state index < -0.39 is 11.7 Å². The number of carbonyl (C=O) groups is 2. The molecule has 0 spiro atoms. The first-order chi connectivity index (χ1) is 10.1. The van der Waals surface area contributed by atoms with E-state index >= 15 is 0 Å². The van der Waals surface area contributed by atoms with Gasteiger partial charge in [0.05, 0.1) is 24.8 Å². The Morgan fingerprint density at radius 1 is 1.33 bits per heavy atom. The van der Waals surface area contributed by atoms with Gasteiger partial charge in [0.15, 0.2) is 5.82 Å². The molecule has 21 heavy (non-hydrogen) atoms. The van der Waals surface area contributed by atoms with E-state index in [0.717, 1.165) is 25.5 Å². The summed E-state index contributed by atoms with van der Waals surface area (Å²) in [5.41, 5.74) is -0.0575. The van der Waals surface area contributed by atoms with Gasteiger partial charge in [0, 0.05) is 12.2 Å². The van der Waals surface area contributed by atoms with E-state index in [2.05, 4.69) is 10.3 Å². The van der Waals surface area contributed by atoms with Crippen LogP contribution in [0.5, 0.6) is 0 Å². The monoisotopic (exact) mass is 294 g/mol. The molecule has 2 atom stereocenters. The summed E-state index contributed by atoms with van der Waals surface area (Å²) in [6.45, 7) is 0. The molecule has 0 bridgehead atoms. The SMILES string of the molecule is COC(=O)[C@H]1CCCCC[C@H]1NC(=O)c1ccncc1F. The minimum atomic E-state index is -0.668. The van der Waals surface area contributed by atoms with Gasteiger partial charge in [-0.15, -0.1) is 0 Å². The number of esters is 1. The Kier molecular flexibility index (Phi) is 5.25. The topological polar surface area (TPSA) is 68.3 Å². The van der Waals surface area contributed by atoms with E-state index in [-0.39, 0.29) is 23.5 Å². The molecule has 0 aliphatic heterocycles. The van der Waals surface area contributed by atoms with Crippen LogP contribution in [0.2, 0.25) is 0 Å². The lowest BCUT2D eigenvalue weighted by Gasteiger charge is -2.24. The maximum atomic E-state index is 13.6. The van der Waals surface area contributed by atoms with Gasteiger partial charge in [-0.1, -0.05) is 19.3 Å². The number of nitrogens with one attached hydrogen (secondary N) is 1. The van der Waals surface area contributed by atoms with Gasteiger partial charge in [0.25, 0.3) is 5.91 Å². The Bertz CT molecular complexity index is 521. The second kappa shape index (κ2) is 7.15. The number of aromatic nitrogens is 1. The summed E-state index contributed by atoms with van der Waals surface area (Å²) in [6, 6.07) is 1.01. The van der Waals surface area contributed by atoms with Crippen molar-refractivity contribution in [2.24, 2.45) is 5.92 Å². The Balaban J connectivity index is 2.12. The lowest BCUT2D eigenvalue weighted by molar-refractivity contribution is -0.146. The summed E-state index contributed by atoms with van der Waals surface area (Å²) in [7, 11) is 1.34. The number of halogens is 1. The zero-order valence-electron chi connectivity index (χ0n) is 12.0. The highest BCUT2D eigenvalue weighted by Crippen LogP contribution is 2.25. The molecule has 5 nitrogen and oxygen atoms in total. The van der Waals surface area contributed by atoms with Crippen molar-refractivity contribution in [3.05, 3.63) is 29.8 Å². The molecule has 114 valence electrons. The largest absolute Gasteiger partial charge is 0.469 e. The van der Waals surface area contributed by atoms with Crippen LogP contribution in [-0.4, -0.2) is 30.0 Å². The van der Waals surface area contributed by atoms with Crippen molar-refractivity contribution >= 4 is 11.9 Å². The van der Waals surface area contributed by atoms with Gasteiger partial charge in [0.2, 0.25) is 0 Å². The third-order valence-corrected chi connectivity index (χ3v) is 3.85. The smallest absolute Gasteiger partial charge is 0.310 e. The molecule has 2 rings (SSSR count). The molecule has 1 N–H and O–H groups in total. The fourth-order valence-electron chi connectivity index (χ4n) is 2.72. The van der Waals surface area contributed by atoms with E-state index in [1.807, 2.05) is 0 Å². The minimum absolute atomic E-state index is 0.0575. The van der Waals surface area contributed by atoms with Crippen LogP contribution in [0.15, 0.2) is 18.5 Å². The zero-order chi connectivity index (χ0) is 15.2. The number of hydrogen-bond acceptors (Lipinski definition) is 4. The molecular weight excluding hydrogens is 275 g/mol. The van der Waals surface area contributed by atoms with Crippen LogP contribution >= 0.6 is 0 Å². The molecule has 1 aromatic heterocycles. The molecule has 1 aliphatic carbocycles. The Hall–Kier alpha value is -1.98. The first kappa shape index (κ1) is 15.4. The predicted octanol–water partition coefficient (Wildman–Crippen LogP) is 2.07. The lowest BCUT2D eigenvalue weighted by atomic mass is 9.94. The number of rotatable bonds is 3. The third-order valence-electron chi connectivity index (χ3n) is 3.85. The molecule has 1 aliphatic rings. The molecule has 0 saturated heterocycles. The van der Waals surface area contributed by atoms with E-state index in [9.17, 15) is 14.0 Å². The molecule has 6 heteroatoms. The molecule has 0 radical (unpaired) electrons. The van der Waals surface area contributed by atoms with Crippen molar-refractivity contribution < 1.29 is 18.7 Å². The summed E-state index contributed by atoms with van der Waals surface area (Å²) in [5, 5.41) is 2.77. The van der Waals surface area contributed by atoms with Gasteiger partial charge < -0.3 is 10.1 Å². The van der Waals surface area contributed by atoms with E-state index in [4.69, 9.17) is 4.74 Å². The Labute approximate surface area is 122 Å². The first-order valence-corrected chi connectivity index (χ1v) is 7.11. The second-order valence-corrected chi connectivity index (χ2v) is 5.20. The molecule has 1 aromatic rings. The van der Waals surface area contributed by atoms with Crippen molar-refractivity contribution in [3.8, 4) is 0 Å². The molecule has 1 amide bonds. The number of amides is 1. The highest BCUT2D eigenvalue weighted by atomic mass is 19.1. The van der Waals surface area contributed by atoms with Gasteiger partial charge >= 0.3 is 5.97 Å². The highest BCUT2D eigenvalue weighted by Gasteiger charge is 2.32. The van der Waals surface area contributed by atoms with Crippen molar-refractivity contribution in [1.82, 2.24) is 10.3 Å². The fraction of sp³-hybridized carbons (Fsp3) is 0.533. The predicted molar refractivity (Wildman–Crippen MR) is 74.0 cm³/mol. The normalized spacial score (nSPS) is 22.2. The summed E-state index contributed by atoms with van der Waals surface area (Å²) < 4.78 is 18.4. The number of hydrogen-bond donors (Lipinski definition) is 1. The average molecular weight is 294 g/mol. The standard InChI is InChI=1S/C15H19FN2O3/c1-21-15(20)11-5-3-2-4-6-13(11)18-14(19)10-7-8-17-9-12(10)16/h7-9,11,13H,2-6H2,1H3,(H,18,19)/t11-,13+/m0/s1.